The van der Waals surface area contributed by atoms with E-state index in [1.807, 2.05) is 0 Å². The number of hydrogen-bond acceptors (Lipinski definition) is 5. The molecule has 1 heterocycles. The number of benzene rings is 1. The Balaban J connectivity index is 2.14. The Morgan fingerprint density at radius 1 is 1.32 bits per heavy atom. The minimum absolute atomic E-state index is 0.125. The van der Waals surface area contributed by atoms with E-state index >= 15 is 0 Å². The summed E-state index contributed by atoms with van der Waals surface area (Å²) in [6, 6.07) is 5.33. The van der Waals surface area contributed by atoms with Crippen LogP contribution in [0.2, 0.25) is 0 Å². The molecule has 1 aromatic carbocycles. The highest BCUT2D eigenvalue weighted by Gasteiger charge is 2.38. The molecule has 1 aliphatic rings. The Kier molecular flexibility index (Phi) is 5.38. The van der Waals surface area contributed by atoms with E-state index in [0.717, 1.165) is 0 Å². The van der Waals surface area contributed by atoms with E-state index in [-0.39, 0.29) is 4.90 Å². The fraction of sp³-hybridized carbons (Fsp3) is 0.500. The van der Waals surface area contributed by atoms with E-state index in [4.69, 9.17) is 15.2 Å². The van der Waals surface area contributed by atoms with Crippen LogP contribution in [-0.4, -0.2) is 51.5 Å². The first-order chi connectivity index (χ1) is 10.5. The monoisotopic (exact) mass is 328 g/mol. The van der Waals surface area contributed by atoms with Gasteiger partial charge in [-0.25, -0.2) is 8.42 Å². The zero-order valence-corrected chi connectivity index (χ0v) is 13.2. The molecule has 2 rings (SSSR count). The second-order valence-electron chi connectivity index (χ2n) is 4.99. The lowest BCUT2D eigenvalue weighted by Gasteiger charge is -2.21. The van der Waals surface area contributed by atoms with E-state index in [1.54, 1.807) is 19.2 Å². The minimum Gasteiger partial charge on any atom is -0.491 e. The summed E-state index contributed by atoms with van der Waals surface area (Å²) >= 11 is 0. The van der Waals surface area contributed by atoms with Gasteiger partial charge in [0.25, 0.3) is 0 Å². The summed E-state index contributed by atoms with van der Waals surface area (Å²) in [5, 5.41) is 0. The van der Waals surface area contributed by atoms with Crippen molar-refractivity contribution in [2.24, 2.45) is 5.73 Å². The second kappa shape index (κ2) is 7.08. The van der Waals surface area contributed by atoms with Crippen molar-refractivity contribution in [3.8, 4) is 5.75 Å². The Morgan fingerprint density at radius 2 is 2.00 bits per heavy atom. The molecule has 8 heteroatoms. The lowest BCUT2D eigenvalue weighted by atomic mass is 10.2. The Bertz CT molecular complexity index is 615. The van der Waals surface area contributed by atoms with E-state index in [2.05, 4.69) is 0 Å². The molecule has 0 saturated carbocycles. The highest BCUT2D eigenvalue weighted by molar-refractivity contribution is 7.89. The molecular weight excluding hydrogens is 308 g/mol. The van der Waals surface area contributed by atoms with Crippen molar-refractivity contribution < 1.29 is 22.7 Å². The number of carbonyl (C=O) groups is 1. The molecule has 7 nitrogen and oxygen atoms in total. The van der Waals surface area contributed by atoms with Crippen molar-refractivity contribution in [1.29, 1.82) is 0 Å². The highest BCUT2D eigenvalue weighted by atomic mass is 32.2. The number of amides is 1. The molecule has 122 valence electrons. The molecule has 0 bridgehead atoms. The molecule has 0 aromatic heterocycles. The molecule has 1 fully saturated rings. The van der Waals surface area contributed by atoms with E-state index in [9.17, 15) is 13.2 Å². The van der Waals surface area contributed by atoms with Crippen LogP contribution in [0.5, 0.6) is 5.75 Å². The first-order valence-electron chi connectivity index (χ1n) is 7.00. The average molecular weight is 328 g/mol. The maximum atomic E-state index is 12.6. The number of hydrogen-bond donors (Lipinski definition) is 1. The topological polar surface area (TPSA) is 98.9 Å². The van der Waals surface area contributed by atoms with Gasteiger partial charge in [-0.2, -0.15) is 4.31 Å². The number of carbonyl (C=O) groups excluding carboxylic acids is 1. The Morgan fingerprint density at radius 3 is 2.59 bits per heavy atom. The van der Waals surface area contributed by atoms with Crippen LogP contribution < -0.4 is 10.5 Å². The van der Waals surface area contributed by atoms with Crippen LogP contribution in [0.1, 0.15) is 12.8 Å². The van der Waals surface area contributed by atoms with Crippen molar-refractivity contribution in [1.82, 2.24) is 4.31 Å². The first kappa shape index (κ1) is 16.7. The van der Waals surface area contributed by atoms with Crippen LogP contribution in [0.3, 0.4) is 0 Å². The van der Waals surface area contributed by atoms with E-state index in [1.165, 1.54) is 16.4 Å². The van der Waals surface area contributed by atoms with Gasteiger partial charge in [-0.1, -0.05) is 0 Å². The Labute approximate surface area is 130 Å². The average Bonchev–Trinajstić information content (AvgIpc) is 2.98. The predicted molar refractivity (Wildman–Crippen MR) is 79.9 cm³/mol. The molecule has 2 N–H and O–H groups in total. The van der Waals surface area contributed by atoms with E-state index in [0.29, 0.717) is 38.3 Å². The van der Waals surface area contributed by atoms with Gasteiger partial charge in [-0.05, 0) is 37.1 Å². The van der Waals surface area contributed by atoms with Crippen LogP contribution in [-0.2, 0) is 19.6 Å². The predicted octanol–water partition coefficient (Wildman–Crippen LogP) is 0.350. The van der Waals surface area contributed by atoms with Crippen LogP contribution in [0.4, 0.5) is 0 Å². The molecule has 1 aliphatic heterocycles. The highest BCUT2D eigenvalue weighted by Crippen LogP contribution is 2.27. The van der Waals surface area contributed by atoms with Crippen LogP contribution in [0, 0.1) is 0 Å². The lowest BCUT2D eigenvalue weighted by Crippen LogP contribution is -2.43. The van der Waals surface area contributed by atoms with Gasteiger partial charge in [-0.15, -0.1) is 0 Å². The zero-order valence-electron chi connectivity index (χ0n) is 12.4. The number of primary amides is 1. The van der Waals surface area contributed by atoms with Gasteiger partial charge in [0.05, 0.1) is 11.5 Å². The molecule has 1 saturated heterocycles. The third-order valence-corrected chi connectivity index (χ3v) is 5.44. The number of nitrogens with two attached hydrogens (primary N) is 1. The molecule has 0 spiro atoms. The van der Waals surface area contributed by atoms with Crippen LogP contribution in [0.15, 0.2) is 29.2 Å². The second-order valence-corrected chi connectivity index (χ2v) is 6.88. The third kappa shape index (κ3) is 3.57. The Hall–Kier alpha value is -1.64. The molecule has 0 unspecified atom stereocenters. The van der Waals surface area contributed by atoms with Gasteiger partial charge in [0.2, 0.25) is 15.9 Å². The standard InChI is InChI=1S/C14H20N2O5S/c1-20-9-10-21-11-4-6-12(7-5-11)22(18,19)16-8-2-3-13(16)14(15)17/h4-7,13H,2-3,8-10H2,1H3,(H2,15,17)/t13-/m0/s1. The third-order valence-electron chi connectivity index (χ3n) is 3.52. The summed E-state index contributed by atoms with van der Waals surface area (Å²) < 4.78 is 36.6. The van der Waals surface area contributed by atoms with Gasteiger partial charge >= 0.3 is 0 Å². The number of ether oxygens (including phenoxy) is 2. The quantitative estimate of drug-likeness (QED) is 0.728. The van der Waals surface area contributed by atoms with Crippen molar-refractivity contribution in [2.45, 2.75) is 23.8 Å². The zero-order chi connectivity index (χ0) is 16.2. The largest absolute Gasteiger partial charge is 0.491 e. The molecular formula is C14H20N2O5S. The maximum Gasteiger partial charge on any atom is 0.243 e. The fourth-order valence-electron chi connectivity index (χ4n) is 2.40. The summed E-state index contributed by atoms with van der Waals surface area (Å²) in [4.78, 5) is 11.5. The van der Waals surface area contributed by atoms with Crippen LogP contribution in [0.25, 0.3) is 0 Å². The number of methoxy groups -OCH3 is 1. The number of rotatable bonds is 7. The van der Waals surface area contributed by atoms with Crippen molar-refractivity contribution in [2.75, 3.05) is 26.9 Å². The summed E-state index contributed by atoms with van der Waals surface area (Å²) in [6.07, 6.45) is 1.10. The van der Waals surface area contributed by atoms with Crippen molar-refractivity contribution >= 4 is 15.9 Å². The summed E-state index contributed by atoms with van der Waals surface area (Å²) in [7, 11) is -2.15. The summed E-state index contributed by atoms with van der Waals surface area (Å²) in [6.45, 7) is 1.15. The minimum atomic E-state index is -3.72. The summed E-state index contributed by atoms with van der Waals surface area (Å²) in [5.74, 6) is -0.0514. The normalized spacial score (nSPS) is 19.2. The van der Waals surface area contributed by atoms with Gasteiger partial charge in [-0.3, -0.25) is 4.79 Å². The molecule has 1 amide bonds. The molecule has 1 atom stereocenters. The molecule has 0 radical (unpaired) electrons. The lowest BCUT2D eigenvalue weighted by molar-refractivity contribution is -0.121. The van der Waals surface area contributed by atoms with Crippen molar-refractivity contribution in [3.05, 3.63) is 24.3 Å². The van der Waals surface area contributed by atoms with Gasteiger partial charge in [0.15, 0.2) is 0 Å². The number of nitrogens with zero attached hydrogens (tertiary/aromatic N) is 1. The van der Waals surface area contributed by atoms with E-state index < -0.39 is 22.0 Å². The van der Waals surface area contributed by atoms with Gasteiger partial charge in [0, 0.05) is 13.7 Å². The van der Waals surface area contributed by atoms with Crippen LogP contribution >= 0.6 is 0 Å². The smallest absolute Gasteiger partial charge is 0.243 e. The molecule has 0 aliphatic carbocycles. The molecule has 1 aromatic rings. The maximum absolute atomic E-state index is 12.6. The SMILES string of the molecule is COCCOc1ccc(S(=O)(=O)N2CCC[C@H]2C(N)=O)cc1. The first-order valence-corrected chi connectivity index (χ1v) is 8.44. The molecule has 22 heavy (non-hydrogen) atoms. The summed E-state index contributed by atoms with van der Waals surface area (Å²) in [5.41, 5.74) is 5.28. The van der Waals surface area contributed by atoms with Gasteiger partial charge < -0.3 is 15.2 Å². The fourth-order valence-corrected chi connectivity index (χ4v) is 4.06. The number of sulfonamides is 1. The van der Waals surface area contributed by atoms with Gasteiger partial charge in [0.1, 0.15) is 18.4 Å². The van der Waals surface area contributed by atoms with Crippen molar-refractivity contribution in [3.63, 3.8) is 0 Å².